The zero-order valence-electron chi connectivity index (χ0n) is 7.97. The summed E-state index contributed by atoms with van der Waals surface area (Å²) >= 11 is 0. The molecule has 0 saturated heterocycles. The van der Waals surface area contributed by atoms with Crippen LogP contribution in [0.15, 0.2) is 12.1 Å². The van der Waals surface area contributed by atoms with Crippen LogP contribution in [0, 0.1) is 11.3 Å². The molecule has 1 aliphatic rings. The van der Waals surface area contributed by atoms with E-state index in [0.717, 1.165) is 12.1 Å². The fourth-order valence-corrected chi connectivity index (χ4v) is 1.42. The molecule has 84 valence electrons. The first-order valence-corrected chi connectivity index (χ1v) is 4.43. The molecule has 0 N–H and O–H groups in total. The van der Waals surface area contributed by atoms with E-state index in [-0.39, 0.29) is 24.7 Å². The van der Waals surface area contributed by atoms with Gasteiger partial charge in [0.2, 0.25) is 0 Å². The number of halogens is 3. The lowest BCUT2D eigenvalue weighted by Crippen LogP contribution is -2.17. The van der Waals surface area contributed by atoms with Crippen molar-refractivity contribution in [3.05, 3.63) is 23.3 Å². The molecule has 2 rings (SSSR count). The molecule has 0 aromatic heterocycles. The Bertz CT molecular complexity index is 462. The lowest BCUT2D eigenvalue weighted by atomic mass is 10.1. The summed E-state index contributed by atoms with van der Waals surface area (Å²) in [6.07, 6.45) is -4.57. The van der Waals surface area contributed by atoms with E-state index >= 15 is 0 Å². The fraction of sp³-hybridized carbons (Fsp3) is 0.300. The molecule has 6 heteroatoms. The quantitative estimate of drug-likeness (QED) is 0.685. The Morgan fingerprint density at radius 1 is 1.12 bits per heavy atom. The van der Waals surface area contributed by atoms with E-state index in [1.807, 2.05) is 0 Å². The van der Waals surface area contributed by atoms with E-state index in [0.29, 0.717) is 0 Å². The van der Waals surface area contributed by atoms with Gasteiger partial charge in [0.25, 0.3) is 0 Å². The maximum absolute atomic E-state index is 12.6. The third-order valence-corrected chi connectivity index (χ3v) is 2.11. The van der Waals surface area contributed by atoms with Crippen LogP contribution in [-0.4, -0.2) is 13.2 Å². The SMILES string of the molecule is N#Cc1cc2c(cc1C(F)(F)F)OCCO2. The van der Waals surface area contributed by atoms with Crippen LogP contribution in [0.1, 0.15) is 11.1 Å². The third-order valence-electron chi connectivity index (χ3n) is 2.11. The fourth-order valence-electron chi connectivity index (χ4n) is 1.42. The Labute approximate surface area is 89.0 Å². The minimum Gasteiger partial charge on any atom is -0.486 e. The Morgan fingerprint density at radius 2 is 1.69 bits per heavy atom. The van der Waals surface area contributed by atoms with Gasteiger partial charge in [0.05, 0.1) is 17.2 Å². The van der Waals surface area contributed by atoms with E-state index < -0.39 is 17.3 Å². The number of rotatable bonds is 0. The number of nitrogens with zero attached hydrogens (tertiary/aromatic N) is 1. The summed E-state index contributed by atoms with van der Waals surface area (Å²) < 4.78 is 47.8. The van der Waals surface area contributed by atoms with Gasteiger partial charge in [-0.3, -0.25) is 0 Å². The van der Waals surface area contributed by atoms with Crippen molar-refractivity contribution in [3.63, 3.8) is 0 Å². The van der Waals surface area contributed by atoms with Crippen LogP contribution >= 0.6 is 0 Å². The minimum atomic E-state index is -4.57. The molecular weight excluding hydrogens is 223 g/mol. The van der Waals surface area contributed by atoms with Gasteiger partial charge < -0.3 is 9.47 Å². The van der Waals surface area contributed by atoms with Crippen LogP contribution in [0.5, 0.6) is 11.5 Å². The van der Waals surface area contributed by atoms with Gasteiger partial charge in [-0.15, -0.1) is 0 Å². The largest absolute Gasteiger partial charge is 0.486 e. The summed E-state index contributed by atoms with van der Waals surface area (Å²) in [5, 5.41) is 8.64. The molecule has 1 heterocycles. The molecule has 1 aromatic carbocycles. The standard InChI is InChI=1S/C10H6F3NO2/c11-10(12,13)7-4-9-8(3-6(7)5-14)15-1-2-16-9/h3-4H,1-2H2. The monoisotopic (exact) mass is 229 g/mol. The zero-order valence-corrected chi connectivity index (χ0v) is 7.97. The number of hydrogen-bond acceptors (Lipinski definition) is 3. The van der Waals surface area contributed by atoms with Crippen molar-refractivity contribution in [3.8, 4) is 17.6 Å². The lowest BCUT2D eigenvalue weighted by Gasteiger charge is -2.20. The molecule has 1 aliphatic heterocycles. The smallest absolute Gasteiger partial charge is 0.417 e. The van der Waals surface area contributed by atoms with E-state index in [1.165, 1.54) is 6.07 Å². The second-order valence-electron chi connectivity index (χ2n) is 3.15. The molecule has 3 nitrogen and oxygen atoms in total. The third kappa shape index (κ3) is 1.76. The summed E-state index contributed by atoms with van der Waals surface area (Å²) in [6.45, 7) is 0.472. The maximum atomic E-state index is 12.6. The number of hydrogen-bond donors (Lipinski definition) is 0. The predicted octanol–water partition coefficient (Wildman–Crippen LogP) is 2.35. The van der Waals surface area contributed by atoms with Gasteiger partial charge >= 0.3 is 6.18 Å². The van der Waals surface area contributed by atoms with Crippen LogP contribution in [0.2, 0.25) is 0 Å². The highest BCUT2D eigenvalue weighted by atomic mass is 19.4. The average molecular weight is 229 g/mol. The molecule has 0 bridgehead atoms. The van der Waals surface area contributed by atoms with Crippen LogP contribution in [0.4, 0.5) is 13.2 Å². The summed E-state index contributed by atoms with van der Waals surface area (Å²) in [4.78, 5) is 0. The number of nitriles is 1. The van der Waals surface area contributed by atoms with Crippen molar-refractivity contribution < 1.29 is 22.6 Å². The van der Waals surface area contributed by atoms with Crippen molar-refractivity contribution >= 4 is 0 Å². The molecular formula is C10H6F3NO2. The van der Waals surface area contributed by atoms with Gasteiger partial charge in [0.1, 0.15) is 13.2 Å². The van der Waals surface area contributed by atoms with Crippen molar-refractivity contribution in [2.75, 3.05) is 13.2 Å². The first-order chi connectivity index (χ1) is 7.52. The number of fused-ring (bicyclic) bond motifs is 1. The molecule has 0 spiro atoms. The van der Waals surface area contributed by atoms with Crippen LogP contribution < -0.4 is 9.47 Å². The van der Waals surface area contributed by atoms with Gasteiger partial charge in [-0.1, -0.05) is 0 Å². The Kier molecular flexibility index (Phi) is 2.38. The second kappa shape index (κ2) is 3.59. The maximum Gasteiger partial charge on any atom is 0.417 e. The molecule has 0 aliphatic carbocycles. The van der Waals surface area contributed by atoms with Gasteiger partial charge in [-0.05, 0) is 6.07 Å². The normalized spacial score (nSPS) is 14.4. The minimum absolute atomic E-state index is 0.0255. The Morgan fingerprint density at radius 3 is 2.19 bits per heavy atom. The van der Waals surface area contributed by atoms with Crippen molar-refractivity contribution in [2.24, 2.45) is 0 Å². The summed E-state index contributed by atoms with van der Waals surface area (Å²) in [5.74, 6) is 0.202. The van der Waals surface area contributed by atoms with Crippen molar-refractivity contribution in [1.29, 1.82) is 5.26 Å². The van der Waals surface area contributed by atoms with E-state index in [1.54, 1.807) is 0 Å². The van der Waals surface area contributed by atoms with Gasteiger partial charge in [0, 0.05) is 6.07 Å². The molecule has 0 saturated carbocycles. The van der Waals surface area contributed by atoms with Crippen molar-refractivity contribution in [2.45, 2.75) is 6.18 Å². The number of ether oxygens (including phenoxy) is 2. The predicted molar refractivity (Wildman–Crippen MR) is 47.1 cm³/mol. The lowest BCUT2D eigenvalue weighted by molar-refractivity contribution is -0.137. The number of benzene rings is 1. The Hall–Kier alpha value is -1.90. The molecule has 16 heavy (non-hydrogen) atoms. The van der Waals surface area contributed by atoms with Crippen LogP contribution in [-0.2, 0) is 6.18 Å². The van der Waals surface area contributed by atoms with Crippen molar-refractivity contribution in [1.82, 2.24) is 0 Å². The molecule has 0 radical (unpaired) electrons. The van der Waals surface area contributed by atoms with E-state index in [2.05, 4.69) is 0 Å². The highest BCUT2D eigenvalue weighted by Crippen LogP contribution is 2.39. The number of alkyl halides is 3. The molecule has 0 unspecified atom stereocenters. The average Bonchev–Trinajstić information content (AvgIpc) is 2.26. The van der Waals surface area contributed by atoms with Gasteiger partial charge in [-0.25, -0.2) is 0 Å². The van der Waals surface area contributed by atoms with E-state index in [9.17, 15) is 13.2 Å². The second-order valence-corrected chi connectivity index (χ2v) is 3.15. The highest BCUT2D eigenvalue weighted by molar-refractivity contribution is 5.53. The first kappa shape index (κ1) is 10.6. The first-order valence-electron chi connectivity index (χ1n) is 4.43. The topological polar surface area (TPSA) is 42.2 Å². The van der Waals surface area contributed by atoms with Gasteiger partial charge in [-0.2, -0.15) is 18.4 Å². The summed E-state index contributed by atoms with van der Waals surface area (Å²) in [5.41, 5.74) is -1.46. The molecule has 0 fully saturated rings. The van der Waals surface area contributed by atoms with Crippen LogP contribution in [0.3, 0.4) is 0 Å². The summed E-state index contributed by atoms with van der Waals surface area (Å²) in [7, 11) is 0. The zero-order chi connectivity index (χ0) is 11.8. The molecule has 1 aromatic rings. The molecule has 0 amide bonds. The summed E-state index contributed by atoms with van der Waals surface area (Å²) in [6, 6.07) is 3.35. The van der Waals surface area contributed by atoms with E-state index in [4.69, 9.17) is 14.7 Å². The molecule has 0 atom stereocenters. The van der Waals surface area contributed by atoms with Crippen LogP contribution in [0.25, 0.3) is 0 Å². The Balaban J connectivity index is 2.57. The highest BCUT2D eigenvalue weighted by Gasteiger charge is 2.35. The van der Waals surface area contributed by atoms with Gasteiger partial charge in [0.15, 0.2) is 11.5 Å².